The van der Waals surface area contributed by atoms with E-state index in [4.69, 9.17) is 39.5 Å². The van der Waals surface area contributed by atoms with Gasteiger partial charge < -0.3 is 15.0 Å². The molecule has 0 aliphatic heterocycles. The lowest BCUT2D eigenvalue weighted by Gasteiger charge is -2.29. The molecule has 0 saturated heterocycles. The van der Waals surface area contributed by atoms with Crippen LogP contribution in [0.2, 0.25) is 15.1 Å². The third-order valence-electron chi connectivity index (χ3n) is 4.25. The molecule has 156 valence electrons. The fourth-order valence-corrected chi connectivity index (χ4v) is 3.17. The minimum absolute atomic E-state index is 0.152. The Morgan fingerprint density at radius 2 is 1.72 bits per heavy atom. The van der Waals surface area contributed by atoms with Gasteiger partial charge in [0.2, 0.25) is 5.91 Å². The first-order valence-electron chi connectivity index (χ1n) is 9.21. The van der Waals surface area contributed by atoms with Gasteiger partial charge in [-0.05, 0) is 55.3 Å². The number of nitrogens with one attached hydrogen (secondary N) is 1. The molecule has 0 aliphatic rings. The second-order valence-electron chi connectivity index (χ2n) is 6.47. The van der Waals surface area contributed by atoms with Crippen molar-refractivity contribution in [2.24, 2.45) is 0 Å². The average molecular weight is 458 g/mol. The van der Waals surface area contributed by atoms with E-state index < -0.39 is 6.04 Å². The highest BCUT2D eigenvalue weighted by molar-refractivity contribution is 6.35. The summed E-state index contributed by atoms with van der Waals surface area (Å²) in [6.07, 6.45) is 0.801. The van der Waals surface area contributed by atoms with Crippen molar-refractivity contribution < 1.29 is 14.3 Å². The molecule has 2 aromatic carbocycles. The maximum absolute atomic E-state index is 12.9. The lowest BCUT2D eigenvalue weighted by Crippen LogP contribution is -2.49. The van der Waals surface area contributed by atoms with Crippen molar-refractivity contribution in [2.45, 2.75) is 32.9 Å². The molecule has 1 N–H and O–H groups in total. The maximum Gasteiger partial charge on any atom is 0.261 e. The van der Waals surface area contributed by atoms with Gasteiger partial charge in [-0.3, -0.25) is 9.59 Å². The van der Waals surface area contributed by atoms with E-state index in [1.54, 1.807) is 49.4 Å². The van der Waals surface area contributed by atoms with Crippen LogP contribution in [0, 0.1) is 0 Å². The summed E-state index contributed by atoms with van der Waals surface area (Å²) in [7, 11) is 0. The summed E-state index contributed by atoms with van der Waals surface area (Å²) in [5.74, 6) is -0.0720. The van der Waals surface area contributed by atoms with Crippen molar-refractivity contribution >= 4 is 46.6 Å². The zero-order valence-electron chi connectivity index (χ0n) is 16.3. The van der Waals surface area contributed by atoms with Gasteiger partial charge >= 0.3 is 0 Å². The number of rotatable bonds is 9. The van der Waals surface area contributed by atoms with Crippen LogP contribution >= 0.6 is 34.8 Å². The quantitative estimate of drug-likeness (QED) is 0.578. The Hall–Kier alpha value is -1.95. The van der Waals surface area contributed by atoms with Crippen LogP contribution < -0.4 is 10.1 Å². The molecule has 2 rings (SSSR count). The summed E-state index contributed by atoms with van der Waals surface area (Å²) in [5, 5.41) is 4.31. The second kappa shape index (κ2) is 11.3. The van der Waals surface area contributed by atoms with E-state index in [1.807, 2.05) is 6.92 Å². The normalized spacial score (nSPS) is 11.6. The van der Waals surface area contributed by atoms with Gasteiger partial charge in [-0.15, -0.1) is 0 Å². The van der Waals surface area contributed by atoms with Crippen molar-refractivity contribution in [2.75, 3.05) is 13.2 Å². The molecule has 0 saturated carbocycles. The van der Waals surface area contributed by atoms with Gasteiger partial charge in [-0.1, -0.05) is 47.8 Å². The third kappa shape index (κ3) is 7.11. The van der Waals surface area contributed by atoms with E-state index >= 15 is 0 Å². The van der Waals surface area contributed by atoms with Crippen molar-refractivity contribution in [3.63, 3.8) is 0 Å². The van der Waals surface area contributed by atoms with Crippen LogP contribution in [0.4, 0.5) is 0 Å². The molecule has 0 radical (unpaired) electrons. The molecule has 29 heavy (non-hydrogen) atoms. The van der Waals surface area contributed by atoms with Gasteiger partial charge in [0.15, 0.2) is 6.61 Å². The first kappa shape index (κ1) is 23.3. The van der Waals surface area contributed by atoms with E-state index in [1.165, 1.54) is 4.90 Å². The fourth-order valence-electron chi connectivity index (χ4n) is 2.57. The number of carbonyl (C=O) groups is 2. The predicted molar refractivity (Wildman–Crippen MR) is 117 cm³/mol. The monoisotopic (exact) mass is 456 g/mol. The maximum atomic E-state index is 12.9. The molecule has 0 heterocycles. The van der Waals surface area contributed by atoms with Crippen LogP contribution in [0.25, 0.3) is 0 Å². The van der Waals surface area contributed by atoms with E-state index in [9.17, 15) is 9.59 Å². The van der Waals surface area contributed by atoms with Crippen molar-refractivity contribution in [3.05, 3.63) is 63.1 Å². The van der Waals surface area contributed by atoms with Crippen molar-refractivity contribution in [1.29, 1.82) is 0 Å². The largest absolute Gasteiger partial charge is 0.484 e. The van der Waals surface area contributed by atoms with Crippen LogP contribution in [-0.2, 0) is 16.1 Å². The minimum atomic E-state index is -0.699. The molecular weight excluding hydrogens is 435 g/mol. The SMILES string of the molecule is CCCNC(=O)[C@@H](C)N(Cc1ccc(Cl)cc1Cl)C(=O)COc1ccc(Cl)cc1. The fraction of sp³-hybridized carbons (Fsp3) is 0.333. The summed E-state index contributed by atoms with van der Waals surface area (Å²) < 4.78 is 5.57. The molecule has 0 aromatic heterocycles. The molecule has 8 heteroatoms. The molecule has 0 fully saturated rings. The Morgan fingerprint density at radius 1 is 1.07 bits per heavy atom. The highest BCUT2D eigenvalue weighted by atomic mass is 35.5. The predicted octanol–water partition coefficient (Wildman–Crippen LogP) is 4.97. The van der Waals surface area contributed by atoms with Crippen molar-refractivity contribution in [1.82, 2.24) is 10.2 Å². The van der Waals surface area contributed by atoms with Gasteiger partial charge in [0.05, 0.1) is 0 Å². The lowest BCUT2D eigenvalue weighted by atomic mass is 10.1. The summed E-state index contributed by atoms with van der Waals surface area (Å²) in [6.45, 7) is 4.10. The number of hydrogen-bond acceptors (Lipinski definition) is 3. The Balaban J connectivity index is 2.16. The number of halogens is 3. The number of hydrogen-bond donors (Lipinski definition) is 1. The summed E-state index contributed by atoms with van der Waals surface area (Å²) in [6, 6.07) is 11.0. The zero-order valence-corrected chi connectivity index (χ0v) is 18.5. The van der Waals surface area contributed by atoms with E-state index in [0.29, 0.717) is 32.9 Å². The first-order valence-corrected chi connectivity index (χ1v) is 10.3. The molecule has 0 spiro atoms. The van der Waals surface area contributed by atoms with E-state index in [2.05, 4.69) is 5.32 Å². The minimum Gasteiger partial charge on any atom is -0.484 e. The van der Waals surface area contributed by atoms with Crippen molar-refractivity contribution in [3.8, 4) is 5.75 Å². The summed E-state index contributed by atoms with van der Waals surface area (Å²) in [4.78, 5) is 26.8. The molecule has 2 aromatic rings. The van der Waals surface area contributed by atoms with Crippen LogP contribution in [0.3, 0.4) is 0 Å². The number of ether oxygens (including phenoxy) is 1. The molecule has 2 amide bonds. The smallest absolute Gasteiger partial charge is 0.261 e. The number of benzene rings is 2. The third-order valence-corrected chi connectivity index (χ3v) is 5.09. The van der Waals surface area contributed by atoms with E-state index in [-0.39, 0.29) is 25.0 Å². The standard InChI is InChI=1S/C21H23Cl3N2O3/c1-3-10-25-21(28)14(2)26(12-15-4-5-17(23)11-19(15)24)20(27)13-29-18-8-6-16(22)7-9-18/h4-9,11,14H,3,10,12-13H2,1-2H3,(H,25,28)/t14-/m1/s1. The highest BCUT2D eigenvalue weighted by Crippen LogP contribution is 2.23. The molecule has 1 atom stereocenters. The van der Waals surface area contributed by atoms with Crippen LogP contribution in [0.5, 0.6) is 5.75 Å². The van der Waals surface area contributed by atoms with E-state index in [0.717, 1.165) is 6.42 Å². The Bertz CT molecular complexity index is 844. The summed E-state index contributed by atoms with van der Waals surface area (Å²) in [5.41, 5.74) is 0.686. The van der Waals surface area contributed by atoms with Gasteiger partial charge in [-0.2, -0.15) is 0 Å². The first-order chi connectivity index (χ1) is 13.8. The number of amides is 2. The van der Waals surface area contributed by atoms with Crippen LogP contribution in [0.15, 0.2) is 42.5 Å². The number of carbonyl (C=O) groups excluding carboxylic acids is 2. The Labute approximate surface area is 185 Å². The highest BCUT2D eigenvalue weighted by Gasteiger charge is 2.27. The molecule has 0 bridgehead atoms. The van der Waals surface area contributed by atoms with Gasteiger partial charge in [0, 0.05) is 28.2 Å². The average Bonchev–Trinajstić information content (AvgIpc) is 2.70. The second-order valence-corrected chi connectivity index (χ2v) is 7.75. The van der Waals surface area contributed by atoms with Gasteiger partial charge in [0.25, 0.3) is 5.91 Å². The van der Waals surface area contributed by atoms with Gasteiger partial charge in [0.1, 0.15) is 11.8 Å². The van der Waals surface area contributed by atoms with Crippen LogP contribution in [-0.4, -0.2) is 35.9 Å². The number of nitrogens with zero attached hydrogens (tertiary/aromatic N) is 1. The topological polar surface area (TPSA) is 58.6 Å². The molecule has 0 unspecified atom stereocenters. The molecular formula is C21H23Cl3N2O3. The Morgan fingerprint density at radius 3 is 2.34 bits per heavy atom. The van der Waals surface area contributed by atoms with Gasteiger partial charge in [-0.25, -0.2) is 0 Å². The summed E-state index contributed by atoms with van der Waals surface area (Å²) >= 11 is 18.1. The zero-order chi connectivity index (χ0) is 21.4. The Kier molecular flexibility index (Phi) is 9.08. The lowest BCUT2D eigenvalue weighted by molar-refractivity contribution is -0.142. The molecule has 0 aliphatic carbocycles. The molecule has 5 nitrogen and oxygen atoms in total. The van der Waals surface area contributed by atoms with Crippen LogP contribution in [0.1, 0.15) is 25.8 Å².